The number of unbranched alkanes of at least 4 members (excludes halogenated alkanes) is 18. The molecule has 8 nitrogen and oxygen atoms in total. The van der Waals surface area contributed by atoms with Crippen molar-refractivity contribution >= 4 is 0 Å². The van der Waals surface area contributed by atoms with Gasteiger partial charge < -0.3 is 9.47 Å². The van der Waals surface area contributed by atoms with Crippen LogP contribution in [0.5, 0.6) is 11.5 Å². The maximum atomic E-state index is 6.77. The molecule has 0 radical (unpaired) electrons. The van der Waals surface area contributed by atoms with Gasteiger partial charge in [0.1, 0.15) is 11.5 Å². The Bertz CT molecular complexity index is 3210. The Morgan fingerprint density at radius 3 is 0.917 bits per heavy atom. The van der Waals surface area contributed by atoms with Crippen molar-refractivity contribution in [2.45, 2.75) is 142 Å². The maximum absolute atomic E-state index is 6.77. The van der Waals surface area contributed by atoms with Gasteiger partial charge in [0.15, 0.2) is 0 Å². The number of pyridine rings is 6. The summed E-state index contributed by atoms with van der Waals surface area (Å²) in [6.45, 7) is 5.72. The standard InChI is InChI=1S/C76H80N6O2/c1-3-5-7-9-11-13-15-17-19-29-49-83-75-57-64(44-42-60-34-32-36-62(52-60)66-55-73(69-39-23-27-47-79-69)82-74(56-66)70-40-24-28-48-80-70)76(84-50-30-20-18-16-14-12-10-8-6-4-2)58-63(75)43-41-59-33-31-35-61(51-59)65-53-71(67-37-21-25-45-77-67)81-72(54-65)68-38-22-26-46-78-68/h21-28,31-40,45-48,51-58H,3-20,29-30,49-50H2,1-2H3. The third kappa shape index (κ3) is 18.6. The van der Waals surface area contributed by atoms with E-state index >= 15 is 0 Å². The summed E-state index contributed by atoms with van der Waals surface area (Å²) in [4.78, 5) is 28.6. The zero-order chi connectivity index (χ0) is 57.6. The molecule has 0 amide bonds. The fourth-order valence-electron chi connectivity index (χ4n) is 10.3. The largest absolute Gasteiger partial charge is 0.492 e. The molecule has 9 rings (SSSR count). The first-order valence-corrected chi connectivity index (χ1v) is 31.0. The number of aromatic nitrogens is 6. The highest BCUT2D eigenvalue weighted by molar-refractivity contribution is 5.77. The molecule has 6 heterocycles. The van der Waals surface area contributed by atoms with E-state index in [2.05, 4.69) is 142 Å². The lowest BCUT2D eigenvalue weighted by molar-refractivity contribution is 0.295. The first kappa shape index (κ1) is 59.9. The van der Waals surface area contributed by atoms with Gasteiger partial charge in [-0.05, 0) is 132 Å². The summed E-state index contributed by atoms with van der Waals surface area (Å²) >= 11 is 0. The van der Waals surface area contributed by atoms with Gasteiger partial charge in [-0.2, -0.15) is 0 Å². The summed E-state index contributed by atoms with van der Waals surface area (Å²) in [5.74, 6) is 15.6. The van der Waals surface area contributed by atoms with Gasteiger partial charge in [0.2, 0.25) is 0 Å². The lowest BCUT2D eigenvalue weighted by Crippen LogP contribution is -2.03. The van der Waals surface area contributed by atoms with Gasteiger partial charge in [0, 0.05) is 48.0 Å². The highest BCUT2D eigenvalue weighted by atomic mass is 16.5. The van der Waals surface area contributed by atoms with Crippen molar-refractivity contribution in [1.29, 1.82) is 0 Å². The van der Waals surface area contributed by atoms with Crippen LogP contribution in [0.25, 0.3) is 67.8 Å². The van der Waals surface area contributed by atoms with Gasteiger partial charge in [0.25, 0.3) is 0 Å². The quantitative estimate of drug-likeness (QED) is 0.0325. The third-order valence-electron chi connectivity index (χ3n) is 15.0. The second kappa shape index (κ2) is 33.4. The van der Waals surface area contributed by atoms with Gasteiger partial charge in [-0.15, -0.1) is 0 Å². The predicted octanol–water partition coefficient (Wildman–Crippen LogP) is 19.5. The van der Waals surface area contributed by atoms with Gasteiger partial charge in [-0.1, -0.05) is 202 Å². The van der Waals surface area contributed by atoms with Crippen LogP contribution < -0.4 is 9.47 Å². The van der Waals surface area contributed by atoms with Crippen LogP contribution in [-0.4, -0.2) is 43.1 Å². The lowest BCUT2D eigenvalue weighted by atomic mass is 10.00. The van der Waals surface area contributed by atoms with Crippen molar-refractivity contribution in [2.75, 3.05) is 13.2 Å². The Labute approximate surface area is 500 Å². The van der Waals surface area contributed by atoms with Crippen LogP contribution in [0, 0.1) is 23.7 Å². The van der Waals surface area contributed by atoms with E-state index in [4.69, 9.17) is 19.4 Å². The van der Waals surface area contributed by atoms with Crippen LogP contribution in [0.4, 0.5) is 0 Å². The number of ether oxygens (including phenoxy) is 2. The Balaban J connectivity index is 1.03. The van der Waals surface area contributed by atoms with Crippen molar-refractivity contribution in [1.82, 2.24) is 29.9 Å². The molecule has 3 aromatic carbocycles. The van der Waals surface area contributed by atoms with E-state index in [-0.39, 0.29) is 0 Å². The number of hydrogen-bond acceptors (Lipinski definition) is 8. The molecule has 0 aliphatic carbocycles. The molecule has 9 aromatic rings. The average Bonchev–Trinajstić information content (AvgIpc) is 3.64. The van der Waals surface area contributed by atoms with Crippen molar-refractivity contribution in [3.63, 3.8) is 0 Å². The topological polar surface area (TPSA) is 95.8 Å². The summed E-state index contributed by atoms with van der Waals surface area (Å²) in [6.07, 6.45) is 32.2. The average molecular weight is 1110 g/mol. The van der Waals surface area contributed by atoms with Gasteiger partial charge >= 0.3 is 0 Å². The van der Waals surface area contributed by atoms with Crippen LogP contribution in [0.2, 0.25) is 0 Å². The van der Waals surface area contributed by atoms with E-state index in [0.717, 1.165) is 116 Å². The molecule has 0 atom stereocenters. The second-order valence-electron chi connectivity index (χ2n) is 21.7. The number of hydrogen-bond donors (Lipinski definition) is 0. The van der Waals surface area contributed by atoms with E-state index in [0.29, 0.717) is 24.7 Å². The molecule has 84 heavy (non-hydrogen) atoms. The van der Waals surface area contributed by atoms with Crippen LogP contribution in [-0.2, 0) is 0 Å². The summed E-state index contributed by atoms with van der Waals surface area (Å²) in [5.41, 5.74) is 13.6. The molecule has 0 spiro atoms. The minimum absolute atomic E-state index is 0.584. The molecule has 0 aliphatic heterocycles. The highest BCUT2D eigenvalue weighted by Gasteiger charge is 2.15. The van der Waals surface area contributed by atoms with Crippen LogP contribution in [0.1, 0.15) is 165 Å². The SMILES string of the molecule is CCCCCCCCCCCCOc1cc(C#Cc2cccc(-c3cc(-c4ccccn4)nc(-c4ccccn4)c3)c2)c(OCCCCCCCCCCCC)cc1C#Cc1cccc(-c2cc(-c3ccccn3)nc(-c3ccccn3)c2)c1. The van der Waals surface area contributed by atoms with Crippen molar-refractivity contribution in [2.24, 2.45) is 0 Å². The van der Waals surface area contributed by atoms with E-state index in [1.54, 1.807) is 24.8 Å². The van der Waals surface area contributed by atoms with Crippen molar-refractivity contribution in [3.8, 4) is 103 Å². The molecule has 0 saturated carbocycles. The Morgan fingerprint density at radius 1 is 0.286 bits per heavy atom. The first-order chi connectivity index (χ1) is 41.6. The second-order valence-corrected chi connectivity index (χ2v) is 21.7. The molecular formula is C76H80N6O2. The number of rotatable bonds is 30. The van der Waals surface area contributed by atoms with Crippen molar-refractivity contribution < 1.29 is 9.47 Å². The summed E-state index contributed by atoms with van der Waals surface area (Å²) < 4.78 is 13.5. The monoisotopic (exact) mass is 1110 g/mol. The van der Waals surface area contributed by atoms with Crippen LogP contribution in [0.15, 0.2) is 183 Å². The van der Waals surface area contributed by atoms with Gasteiger partial charge in [-0.3, -0.25) is 19.9 Å². The molecule has 0 saturated heterocycles. The zero-order valence-corrected chi connectivity index (χ0v) is 49.4. The fraction of sp³-hybridized carbons (Fsp3) is 0.316. The predicted molar refractivity (Wildman–Crippen MR) is 345 cm³/mol. The number of benzene rings is 3. The van der Waals surface area contributed by atoms with Crippen molar-refractivity contribution in [3.05, 3.63) is 205 Å². The minimum Gasteiger partial charge on any atom is -0.492 e. The Hall–Kier alpha value is -8.72. The maximum Gasteiger partial charge on any atom is 0.136 e. The van der Waals surface area contributed by atoms with Crippen LogP contribution >= 0.6 is 0 Å². The van der Waals surface area contributed by atoms with Gasteiger partial charge in [-0.25, -0.2) is 9.97 Å². The zero-order valence-electron chi connectivity index (χ0n) is 49.4. The Morgan fingerprint density at radius 2 is 0.607 bits per heavy atom. The van der Waals surface area contributed by atoms with E-state index < -0.39 is 0 Å². The van der Waals surface area contributed by atoms with E-state index in [9.17, 15) is 0 Å². The Kier molecular flexibility index (Phi) is 23.8. The summed E-state index contributed by atoms with van der Waals surface area (Å²) in [5, 5.41) is 0. The highest BCUT2D eigenvalue weighted by Crippen LogP contribution is 2.33. The smallest absolute Gasteiger partial charge is 0.136 e. The molecular weight excluding hydrogens is 1030 g/mol. The molecule has 426 valence electrons. The normalized spacial score (nSPS) is 10.9. The summed E-state index contributed by atoms with van der Waals surface area (Å²) in [7, 11) is 0. The molecule has 8 heteroatoms. The first-order valence-electron chi connectivity index (χ1n) is 31.0. The molecule has 0 N–H and O–H groups in total. The molecule has 6 aromatic heterocycles. The summed E-state index contributed by atoms with van der Waals surface area (Å²) in [6, 6.07) is 52.8. The van der Waals surface area contributed by atoms with E-state index in [1.165, 1.54) is 103 Å². The molecule has 0 bridgehead atoms. The molecule has 0 fully saturated rings. The minimum atomic E-state index is 0.584. The molecule has 0 unspecified atom stereocenters. The number of nitrogens with zero attached hydrogens (tertiary/aromatic N) is 6. The third-order valence-corrected chi connectivity index (χ3v) is 15.0. The molecule has 0 aliphatic rings. The van der Waals surface area contributed by atoms with Crippen LogP contribution in [0.3, 0.4) is 0 Å². The fourth-order valence-corrected chi connectivity index (χ4v) is 10.3. The lowest BCUT2D eigenvalue weighted by Gasteiger charge is -2.14. The van der Waals surface area contributed by atoms with E-state index in [1.807, 2.05) is 72.8 Å². The van der Waals surface area contributed by atoms with Gasteiger partial charge in [0.05, 0.1) is 69.9 Å².